The minimum atomic E-state index is 0.631. The van der Waals surface area contributed by atoms with Crippen LogP contribution in [-0.2, 0) is 0 Å². The molecule has 1 unspecified atom stereocenters. The number of hydrogen-bond acceptors (Lipinski definition) is 5. The van der Waals surface area contributed by atoms with Crippen LogP contribution in [0, 0.1) is 0 Å². The Morgan fingerprint density at radius 3 is 3.00 bits per heavy atom. The van der Waals surface area contributed by atoms with Crippen LogP contribution in [0.3, 0.4) is 0 Å². The zero-order valence-electron chi connectivity index (χ0n) is 11.3. The molecule has 2 aliphatic rings. The molecule has 1 atom stereocenters. The number of halogens is 1. The van der Waals surface area contributed by atoms with Gasteiger partial charge < -0.3 is 10.2 Å². The first-order valence-corrected chi connectivity index (χ1v) is 7.35. The van der Waals surface area contributed by atoms with Crippen molar-refractivity contribution in [2.24, 2.45) is 0 Å². The highest BCUT2D eigenvalue weighted by molar-refractivity contribution is 6.32. The van der Waals surface area contributed by atoms with Gasteiger partial charge in [-0.3, -0.25) is 4.90 Å². The lowest BCUT2D eigenvalue weighted by Crippen LogP contribution is -2.37. The summed E-state index contributed by atoms with van der Waals surface area (Å²) in [5.41, 5.74) is 0. The molecule has 0 amide bonds. The lowest BCUT2D eigenvalue weighted by molar-refractivity contribution is 0.273. The molecule has 0 aromatic carbocycles. The molecule has 0 saturated carbocycles. The van der Waals surface area contributed by atoms with Crippen molar-refractivity contribution in [1.29, 1.82) is 0 Å². The van der Waals surface area contributed by atoms with Crippen molar-refractivity contribution in [2.45, 2.75) is 25.3 Å². The second kappa shape index (κ2) is 5.51. The Balaban J connectivity index is 1.84. The van der Waals surface area contributed by atoms with Gasteiger partial charge in [-0.1, -0.05) is 11.6 Å². The van der Waals surface area contributed by atoms with E-state index in [1.54, 1.807) is 6.20 Å². The highest BCUT2D eigenvalue weighted by Gasteiger charge is 2.29. The molecule has 3 rings (SSSR count). The molecule has 0 radical (unpaired) electrons. The summed E-state index contributed by atoms with van der Waals surface area (Å²) in [5.74, 6) is 1.50. The van der Waals surface area contributed by atoms with Crippen molar-refractivity contribution in [3.63, 3.8) is 0 Å². The van der Waals surface area contributed by atoms with E-state index < -0.39 is 0 Å². The van der Waals surface area contributed by atoms with Crippen LogP contribution < -0.4 is 10.2 Å². The van der Waals surface area contributed by atoms with Crippen molar-refractivity contribution in [3.05, 3.63) is 11.2 Å². The molecule has 3 heterocycles. The van der Waals surface area contributed by atoms with E-state index >= 15 is 0 Å². The first kappa shape index (κ1) is 12.9. The molecule has 1 N–H and O–H groups in total. The Labute approximate surface area is 119 Å². The standard InChI is InChI=1S/C13H20ClN5/c1-15-13-16-8-11(14)12(17-13)19-7-3-6-18-5-2-4-10(18)9-19/h8,10H,2-7,9H2,1H3,(H,15,16,17). The van der Waals surface area contributed by atoms with Crippen LogP contribution in [0.5, 0.6) is 0 Å². The summed E-state index contributed by atoms with van der Waals surface area (Å²) in [5, 5.41) is 3.62. The smallest absolute Gasteiger partial charge is 0.224 e. The molecule has 104 valence electrons. The van der Waals surface area contributed by atoms with Crippen LogP contribution in [0.4, 0.5) is 11.8 Å². The molecule has 0 spiro atoms. The van der Waals surface area contributed by atoms with Gasteiger partial charge in [-0.2, -0.15) is 4.98 Å². The van der Waals surface area contributed by atoms with Crippen molar-refractivity contribution in [3.8, 4) is 0 Å². The van der Waals surface area contributed by atoms with Crippen LogP contribution in [0.1, 0.15) is 19.3 Å². The van der Waals surface area contributed by atoms with Crippen molar-refractivity contribution < 1.29 is 0 Å². The summed E-state index contributed by atoms with van der Waals surface area (Å²) in [6, 6.07) is 0.659. The Hall–Kier alpha value is -1.07. The third-order valence-electron chi connectivity index (χ3n) is 4.05. The molecular formula is C13H20ClN5. The molecule has 2 saturated heterocycles. The SMILES string of the molecule is CNc1ncc(Cl)c(N2CCCN3CCCC3C2)n1. The van der Waals surface area contributed by atoms with E-state index in [4.69, 9.17) is 11.6 Å². The normalized spacial score (nSPS) is 24.1. The lowest BCUT2D eigenvalue weighted by atomic mass is 10.2. The molecule has 6 heteroatoms. The van der Waals surface area contributed by atoms with Gasteiger partial charge in [0.05, 0.1) is 6.20 Å². The lowest BCUT2D eigenvalue weighted by Gasteiger charge is -2.27. The zero-order valence-corrected chi connectivity index (χ0v) is 12.0. The number of hydrogen-bond donors (Lipinski definition) is 1. The molecular weight excluding hydrogens is 262 g/mol. The van der Waals surface area contributed by atoms with E-state index in [-0.39, 0.29) is 0 Å². The number of nitrogens with one attached hydrogen (secondary N) is 1. The van der Waals surface area contributed by atoms with E-state index in [2.05, 4.69) is 25.1 Å². The van der Waals surface area contributed by atoms with Crippen molar-refractivity contribution >= 4 is 23.4 Å². The van der Waals surface area contributed by atoms with Gasteiger partial charge in [0.25, 0.3) is 0 Å². The van der Waals surface area contributed by atoms with E-state index in [0.717, 1.165) is 18.9 Å². The molecule has 2 fully saturated rings. The van der Waals surface area contributed by atoms with Gasteiger partial charge >= 0.3 is 0 Å². The second-order valence-corrected chi connectivity index (χ2v) is 5.65. The number of rotatable bonds is 2. The summed E-state index contributed by atoms with van der Waals surface area (Å²) in [6.45, 7) is 4.49. The van der Waals surface area contributed by atoms with Gasteiger partial charge in [0.2, 0.25) is 5.95 Å². The van der Waals surface area contributed by atoms with Gasteiger partial charge in [0.15, 0.2) is 5.82 Å². The predicted octanol–water partition coefficient (Wildman–Crippen LogP) is 1.85. The molecule has 19 heavy (non-hydrogen) atoms. The maximum absolute atomic E-state index is 6.27. The average Bonchev–Trinajstić information content (AvgIpc) is 2.77. The highest BCUT2D eigenvalue weighted by Crippen LogP contribution is 2.28. The molecule has 5 nitrogen and oxygen atoms in total. The van der Waals surface area contributed by atoms with Gasteiger partial charge in [-0.25, -0.2) is 4.98 Å². The van der Waals surface area contributed by atoms with E-state index in [0.29, 0.717) is 17.0 Å². The first-order chi connectivity index (χ1) is 9.28. The largest absolute Gasteiger partial charge is 0.357 e. The van der Waals surface area contributed by atoms with E-state index in [9.17, 15) is 0 Å². The highest BCUT2D eigenvalue weighted by atomic mass is 35.5. The molecule has 1 aromatic heterocycles. The number of aromatic nitrogens is 2. The molecule has 0 bridgehead atoms. The fourth-order valence-corrected chi connectivity index (χ4v) is 3.31. The Kier molecular flexibility index (Phi) is 3.75. The maximum atomic E-state index is 6.27. The van der Waals surface area contributed by atoms with Crippen LogP contribution in [0.15, 0.2) is 6.20 Å². The fourth-order valence-electron chi connectivity index (χ4n) is 3.10. The van der Waals surface area contributed by atoms with Gasteiger partial charge in [0.1, 0.15) is 5.02 Å². The Morgan fingerprint density at radius 1 is 1.32 bits per heavy atom. The maximum Gasteiger partial charge on any atom is 0.224 e. The Bertz CT molecular complexity index is 453. The summed E-state index contributed by atoms with van der Waals surface area (Å²) < 4.78 is 0. The van der Waals surface area contributed by atoms with Crippen molar-refractivity contribution in [2.75, 3.05) is 43.4 Å². The third-order valence-corrected chi connectivity index (χ3v) is 4.32. The van der Waals surface area contributed by atoms with Crippen LogP contribution >= 0.6 is 11.6 Å². The van der Waals surface area contributed by atoms with E-state index in [1.165, 1.54) is 32.4 Å². The topological polar surface area (TPSA) is 44.3 Å². The molecule has 2 aliphatic heterocycles. The first-order valence-electron chi connectivity index (χ1n) is 6.97. The third kappa shape index (κ3) is 2.62. The van der Waals surface area contributed by atoms with Gasteiger partial charge in [-0.15, -0.1) is 0 Å². The average molecular weight is 282 g/mol. The molecule has 0 aliphatic carbocycles. The quantitative estimate of drug-likeness (QED) is 0.896. The summed E-state index contributed by atoms with van der Waals surface area (Å²) >= 11 is 6.27. The second-order valence-electron chi connectivity index (χ2n) is 5.25. The minimum absolute atomic E-state index is 0.631. The summed E-state index contributed by atoms with van der Waals surface area (Å²) in [6.07, 6.45) is 5.47. The summed E-state index contributed by atoms with van der Waals surface area (Å²) in [7, 11) is 1.83. The summed E-state index contributed by atoms with van der Waals surface area (Å²) in [4.78, 5) is 13.6. The number of nitrogens with zero attached hydrogens (tertiary/aromatic N) is 4. The fraction of sp³-hybridized carbons (Fsp3) is 0.692. The molecule has 1 aromatic rings. The van der Waals surface area contributed by atoms with Crippen LogP contribution in [0.25, 0.3) is 0 Å². The predicted molar refractivity (Wildman–Crippen MR) is 78.0 cm³/mol. The number of anilines is 2. The van der Waals surface area contributed by atoms with Crippen molar-refractivity contribution in [1.82, 2.24) is 14.9 Å². The monoisotopic (exact) mass is 281 g/mol. The van der Waals surface area contributed by atoms with Crippen LogP contribution in [0.2, 0.25) is 5.02 Å². The van der Waals surface area contributed by atoms with E-state index in [1.807, 2.05) is 7.05 Å². The van der Waals surface area contributed by atoms with Gasteiger partial charge in [-0.05, 0) is 25.8 Å². The minimum Gasteiger partial charge on any atom is -0.357 e. The van der Waals surface area contributed by atoms with Crippen LogP contribution in [-0.4, -0.2) is 54.1 Å². The zero-order chi connectivity index (χ0) is 13.2. The Morgan fingerprint density at radius 2 is 2.16 bits per heavy atom. The number of fused-ring (bicyclic) bond motifs is 1. The van der Waals surface area contributed by atoms with Gasteiger partial charge in [0, 0.05) is 32.7 Å².